The Bertz CT molecular complexity index is 281. The number of nitrogens with zero attached hydrogens (tertiary/aromatic N) is 1. The summed E-state index contributed by atoms with van der Waals surface area (Å²) in [6.45, 7) is 7.92. The maximum absolute atomic E-state index is 8.63. The molecule has 1 aliphatic rings. The molecule has 0 radical (unpaired) electrons. The summed E-state index contributed by atoms with van der Waals surface area (Å²) in [6, 6.07) is 0. The minimum Gasteiger partial charge on any atom is -0.726 e. The van der Waals surface area contributed by atoms with Crippen molar-refractivity contribution in [3.05, 3.63) is 0 Å². The maximum atomic E-state index is 8.63. The molecule has 1 saturated heterocycles. The Morgan fingerprint density at radius 1 is 1.33 bits per heavy atom. The molecule has 0 spiro atoms. The van der Waals surface area contributed by atoms with Crippen molar-refractivity contribution < 1.29 is 31.0 Å². The van der Waals surface area contributed by atoms with Gasteiger partial charge in [-0.05, 0) is 6.42 Å². The molecule has 1 rings (SSSR count). The smallest absolute Gasteiger partial charge is 0.215 e. The molecule has 7 nitrogen and oxygen atoms in total. The van der Waals surface area contributed by atoms with Crippen molar-refractivity contribution in [2.75, 3.05) is 39.9 Å². The largest absolute Gasteiger partial charge is 0.726 e. The molecular formula is C9H21NO6S2. The van der Waals surface area contributed by atoms with Crippen molar-refractivity contribution in [1.29, 1.82) is 0 Å². The second kappa shape index (κ2) is 10.7. The van der Waals surface area contributed by atoms with Gasteiger partial charge in [0, 0.05) is 0 Å². The van der Waals surface area contributed by atoms with Gasteiger partial charge >= 0.3 is 0 Å². The molecule has 0 atom stereocenters. The molecule has 0 aromatic carbocycles. The summed E-state index contributed by atoms with van der Waals surface area (Å²) in [5.41, 5.74) is 0. The molecule has 1 fully saturated rings. The first kappa shape index (κ1) is 20.1. The van der Waals surface area contributed by atoms with E-state index in [1.54, 1.807) is 0 Å². The van der Waals surface area contributed by atoms with E-state index in [9.17, 15) is 0 Å². The number of quaternary nitrogens is 1. The number of hydrogen-bond acceptors (Lipinski definition) is 6. The summed E-state index contributed by atoms with van der Waals surface area (Å²) < 4.78 is 47.2. The van der Waals surface area contributed by atoms with Gasteiger partial charge in [-0.1, -0.05) is 13.3 Å². The fourth-order valence-electron chi connectivity index (χ4n) is 1.55. The van der Waals surface area contributed by atoms with E-state index in [1.807, 2.05) is 0 Å². The molecule has 110 valence electrons. The molecule has 1 N–H and O–H groups in total. The van der Waals surface area contributed by atoms with Crippen molar-refractivity contribution in [3.8, 4) is 0 Å². The highest BCUT2D eigenvalue weighted by molar-refractivity contribution is 7.79. The lowest BCUT2D eigenvalue weighted by atomic mass is 10.2. The lowest BCUT2D eigenvalue weighted by Crippen LogP contribution is -2.52. The quantitative estimate of drug-likeness (QED) is 0.442. The van der Waals surface area contributed by atoms with Gasteiger partial charge in [0.2, 0.25) is 10.4 Å². The van der Waals surface area contributed by atoms with Gasteiger partial charge in [-0.25, -0.2) is 8.42 Å². The first-order chi connectivity index (χ1) is 8.27. The van der Waals surface area contributed by atoms with Crippen molar-refractivity contribution in [1.82, 2.24) is 0 Å². The van der Waals surface area contributed by atoms with Crippen molar-refractivity contribution in [2.24, 2.45) is 0 Å². The summed E-state index contributed by atoms with van der Waals surface area (Å²) in [5, 5.41) is 0. The highest BCUT2D eigenvalue weighted by Crippen LogP contribution is 2.08. The van der Waals surface area contributed by atoms with E-state index < -0.39 is 10.4 Å². The SMILES string of the molecule is CCCC[N+]1(C)CCOCC1.O=S.O=S(=O)([O-])O. The third-order valence-electron chi connectivity index (χ3n) is 2.60. The Balaban J connectivity index is 0. The van der Waals surface area contributed by atoms with Crippen LogP contribution in [0.5, 0.6) is 0 Å². The average Bonchev–Trinajstić information content (AvgIpc) is 2.28. The highest BCUT2D eigenvalue weighted by atomic mass is 32.3. The van der Waals surface area contributed by atoms with Gasteiger partial charge in [0.15, 0.2) is 12.5 Å². The monoisotopic (exact) mass is 303 g/mol. The fraction of sp³-hybridized carbons (Fsp3) is 1.00. The van der Waals surface area contributed by atoms with Gasteiger partial charge in [-0.3, -0.25) is 4.55 Å². The molecule has 1 heterocycles. The van der Waals surface area contributed by atoms with E-state index >= 15 is 0 Å². The van der Waals surface area contributed by atoms with E-state index in [4.69, 9.17) is 26.5 Å². The van der Waals surface area contributed by atoms with Gasteiger partial charge in [0.1, 0.15) is 13.1 Å². The van der Waals surface area contributed by atoms with Crippen LogP contribution >= 0.6 is 0 Å². The Labute approximate surface area is 114 Å². The number of hydrogen-bond donors (Lipinski definition) is 1. The van der Waals surface area contributed by atoms with E-state index in [2.05, 4.69) is 26.5 Å². The Morgan fingerprint density at radius 3 is 2.06 bits per heavy atom. The first-order valence-electron chi connectivity index (χ1n) is 5.53. The summed E-state index contributed by atoms with van der Waals surface area (Å²) in [7, 11) is -2.57. The predicted octanol–water partition coefficient (Wildman–Crippen LogP) is -0.0684. The van der Waals surface area contributed by atoms with Crippen LogP contribution in [0.1, 0.15) is 19.8 Å². The Morgan fingerprint density at radius 2 is 1.72 bits per heavy atom. The summed E-state index contributed by atoms with van der Waals surface area (Å²) in [5.74, 6) is 0. The number of unbranched alkanes of at least 4 members (excludes halogenated alkanes) is 1. The van der Waals surface area contributed by atoms with Crippen LogP contribution in [0.3, 0.4) is 0 Å². The van der Waals surface area contributed by atoms with E-state index in [-0.39, 0.29) is 0 Å². The number of rotatable bonds is 3. The molecule has 0 aliphatic carbocycles. The summed E-state index contributed by atoms with van der Waals surface area (Å²) in [6.07, 6.45) is 2.67. The maximum Gasteiger partial charge on any atom is 0.215 e. The van der Waals surface area contributed by atoms with Crippen LogP contribution in [0, 0.1) is 0 Å². The van der Waals surface area contributed by atoms with Crippen LogP contribution in [0.2, 0.25) is 0 Å². The van der Waals surface area contributed by atoms with Crippen LogP contribution in [0.4, 0.5) is 0 Å². The standard InChI is InChI=1S/C9H20NO.H2O4S.OS/c1-3-4-5-10(2)6-8-11-9-7-10;1-5(2,3)4;1-2/h3-9H2,1-2H3;(H2,1,2,3,4);/q+1;;/p-1. The van der Waals surface area contributed by atoms with Crippen molar-refractivity contribution >= 4 is 22.9 Å². The van der Waals surface area contributed by atoms with Crippen molar-refractivity contribution in [3.63, 3.8) is 0 Å². The number of ether oxygens (including phenoxy) is 1. The first-order valence-corrected chi connectivity index (χ1v) is 7.23. The van der Waals surface area contributed by atoms with Gasteiger partial charge in [-0.2, -0.15) is 4.21 Å². The van der Waals surface area contributed by atoms with Crippen LogP contribution < -0.4 is 0 Å². The molecular weight excluding hydrogens is 282 g/mol. The fourth-order valence-corrected chi connectivity index (χ4v) is 1.55. The third-order valence-corrected chi connectivity index (χ3v) is 2.60. The molecule has 1 aliphatic heterocycles. The minimum absolute atomic E-state index is 0.959. The van der Waals surface area contributed by atoms with Gasteiger partial charge in [0.05, 0.1) is 26.8 Å². The summed E-state index contributed by atoms with van der Waals surface area (Å²) in [4.78, 5) is 0. The van der Waals surface area contributed by atoms with Crippen LogP contribution in [-0.4, -0.2) is 66.1 Å². The van der Waals surface area contributed by atoms with Crippen molar-refractivity contribution in [2.45, 2.75) is 19.8 Å². The lowest BCUT2D eigenvalue weighted by molar-refractivity contribution is -0.917. The molecule has 0 unspecified atom stereocenters. The van der Waals surface area contributed by atoms with Gasteiger partial charge in [-0.15, -0.1) is 0 Å². The molecule has 0 saturated carbocycles. The topological polar surface area (TPSA) is 104 Å². The zero-order chi connectivity index (χ0) is 14.7. The molecule has 9 heteroatoms. The van der Waals surface area contributed by atoms with Gasteiger partial charge < -0.3 is 13.8 Å². The molecule has 0 amide bonds. The third kappa shape index (κ3) is 15.8. The highest BCUT2D eigenvalue weighted by Gasteiger charge is 2.23. The summed E-state index contributed by atoms with van der Waals surface area (Å²) >= 11 is 2.83. The molecule has 0 aromatic heterocycles. The van der Waals surface area contributed by atoms with Crippen LogP contribution in [0.15, 0.2) is 0 Å². The zero-order valence-electron chi connectivity index (χ0n) is 10.7. The predicted molar refractivity (Wildman–Crippen MR) is 67.0 cm³/mol. The Kier molecular flexibility index (Phi) is 12.0. The number of likely N-dealkylation sites (N-methyl/N-ethyl adjacent to an activating group) is 1. The Hall–Kier alpha value is -0.190. The van der Waals surface area contributed by atoms with E-state index in [0.717, 1.165) is 13.2 Å². The van der Waals surface area contributed by atoms with E-state index in [0.29, 0.717) is 0 Å². The molecule has 0 bridgehead atoms. The zero-order valence-corrected chi connectivity index (χ0v) is 12.3. The van der Waals surface area contributed by atoms with Crippen LogP contribution in [0.25, 0.3) is 0 Å². The second-order valence-electron chi connectivity index (χ2n) is 4.18. The number of morpholine rings is 1. The van der Waals surface area contributed by atoms with Gasteiger partial charge in [0.25, 0.3) is 0 Å². The normalized spacial score (nSPS) is 17.8. The average molecular weight is 303 g/mol. The van der Waals surface area contributed by atoms with E-state index in [1.165, 1.54) is 37.0 Å². The lowest BCUT2D eigenvalue weighted by Gasteiger charge is -2.37. The molecule has 0 aromatic rings. The second-order valence-corrected chi connectivity index (χ2v) is 5.04. The van der Waals surface area contributed by atoms with Crippen LogP contribution in [-0.2, 0) is 27.7 Å². The minimum atomic E-state index is -4.92. The molecule has 18 heavy (non-hydrogen) atoms.